The maximum atomic E-state index is 13.0. The van der Waals surface area contributed by atoms with Crippen molar-refractivity contribution in [2.75, 3.05) is 37.6 Å². The first kappa shape index (κ1) is 20.1. The van der Waals surface area contributed by atoms with Crippen LogP contribution in [-0.4, -0.2) is 53.5 Å². The summed E-state index contributed by atoms with van der Waals surface area (Å²) in [6.07, 6.45) is 2.23. The SMILES string of the molecule is C[C@@H]1OCc2ncnc(N3CCN(C(=O)[C@H](CN)Cc4ccc(Cl)cc4)CC3)c21. The zero-order valence-electron chi connectivity index (χ0n) is 16.6. The average molecular weight is 416 g/mol. The number of hydrogen-bond donors (Lipinski definition) is 1. The number of rotatable bonds is 5. The fourth-order valence-corrected chi connectivity index (χ4v) is 4.19. The van der Waals surface area contributed by atoms with Crippen LogP contribution >= 0.6 is 11.6 Å². The van der Waals surface area contributed by atoms with Gasteiger partial charge < -0.3 is 20.3 Å². The normalized spacial score (nSPS) is 19.9. The van der Waals surface area contributed by atoms with E-state index in [0.717, 1.165) is 35.7 Å². The smallest absolute Gasteiger partial charge is 0.227 e. The van der Waals surface area contributed by atoms with E-state index in [-0.39, 0.29) is 17.9 Å². The van der Waals surface area contributed by atoms with Crippen molar-refractivity contribution < 1.29 is 9.53 Å². The summed E-state index contributed by atoms with van der Waals surface area (Å²) < 4.78 is 5.71. The third kappa shape index (κ3) is 4.22. The van der Waals surface area contributed by atoms with Gasteiger partial charge in [0.25, 0.3) is 0 Å². The van der Waals surface area contributed by atoms with Gasteiger partial charge in [0.2, 0.25) is 5.91 Å². The van der Waals surface area contributed by atoms with Crippen LogP contribution in [-0.2, 0) is 22.6 Å². The highest BCUT2D eigenvalue weighted by atomic mass is 35.5. The highest BCUT2D eigenvalue weighted by Crippen LogP contribution is 2.35. The summed E-state index contributed by atoms with van der Waals surface area (Å²) in [6, 6.07) is 7.60. The topological polar surface area (TPSA) is 84.6 Å². The second-order valence-electron chi connectivity index (χ2n) is 7.59. The number of amides is 1. The Morgan fingerprint density at radius 1 is 1.24 bits per heavy atom. The summed E-state index contributed by atoms with van der Waals surface area (Å²) in [4.78, 5) is 26.0. The highest BCUT2D eigenvalue weighted by Gasteiger charge is 2.31. The minimum absolute atomic E-state index is 0.00172. The van der Waals surface area contributed by atoms with Crippen LogP contribution in [0.25, 0.3) is 0 Å². The molecule has 0 bridgehead atoms. The molecule has 1 fully saturated rings. The Balaban J connectivity index is 1.39. The van der Waals surface area contributed by atoms with Gasteiger partial charge in [-0.15, -0.1) is 0 Å². The van der Waals surface area contributed by atoms with Crippen molar-refractivity contribution in [3.63, 3.8) is 0 Å². The number of anilines is 1. The fraction of sp³-hybridized carbons (Fsp3) is 0.476. The van der Waals surface area contributed by atoms with E-state index >= 15 is 0 Å². The maximum Gasteiger partial charge on any atom is 0.227 e. The number of nitrogens with zero attached hydrogens (tertiary/aromatic N) is 4. The van der Waals surface area contributed by atoms with Gasteiger partial charge in [0.05, 0.1) is 24.3 Å². The van der Waals surface area contributed by atoms with Gasteiger partial charge in [0.1, 0.15) is 12.1 Å². The standard InChI is InChI=1S/C21H26ClN5O2/c1-14-19-18(12-29-14)24-13-25-20(19)26-6-8-27(9-7-26)21(28)16(11-23)10-15-2-4-17(22)5-3-15/h2-5,13-14,16H,6-12,23H2,1H3/t14-,16-/m0/s1. The Kier molecular flexibility index (Phi) is 5.99. The lowest BCUT2D eigenvalue weighted by Crippen LogP contribution is -2.52. The highest BCUT2D eigenvalue weighted by molar-refractivity contribution is 6.30. The molecule has 29 heavy (non-hydrogen) atoms. The Morgan fingerprint density at radius 2 is 1.97 bits per heavy atom. The van der Waals surface area contributed by atoms with E-state index in [1.54, 1.807) is 6.33 Å². The zero-order chi connectivity index (χ0) is 20.4. The van der Waals surface area contributed by atoms with Crippen molar-refractivity contribution in [2.24, 2.45) is 11.7 Å². The minimum atomic E-state index is -0.223. The van der Waals surface area contributed by atoms with Crippen LogP contribution < -0.4 is 10.6 Å². The molecule has 0 spiro atoms. The summed E-state index contributed by atoms with van der Waals surface area (Å²) in [6.45, 7) is 5.68. The molecule has 3 heterocycles. The van der Waals surface area contributed by atoms with Crippen molar-refractivity contribution in [3.8, 4) is 0 Å². The Labute approximate surface area is 175 Å². The largest absolute Gasteiger partial charge is 0.367 e. The van der Waals surface area contributed by atoms with Crippen molar-refractivity contribution in [2.45, 2.75) is 26.1 Å². The average Bonchev–Trinajstić information content (AvgIpc) is 3.14. The molecule has 4 rings (SSSR count). The molecule has 2 atom stereocenters. The molecule has 7 nitrogen and oxygen atoms in total. The molecule has 0 saturated carbocycles. The summed E-state index contributed by atoms with van der Waals surface area (Å²) in [5, 5.41) is 0.691. The lowest BCUT2D eigenvalue weighted by molar-refractivity contribution is -0.135. The van der Waals surface area contributed by atoms with Crippen LogP contribution in [0.5, 0.6) is 0 Å². The predicted molar refractivity (Wildman–Crippen MR) is 112 cm³/mol. The molecule has 2 N–H and O–H groups in total. The van der Waals surface area contributed by atoms with E-state index in [1.807, 2.05) is 36.1 Å². The molecule has 2 aromatic rings. The number of nitrogens with two attached hydrogens (primary N) is 1. The number of fused-ring (bicyclic) bond motifs is 1. The number of hydrogen-bond acceptors (Lipinski definition) is 6. The first-order chi connectivity index (χ1) is 14.1. The van der Waals surface area contributed by atoms with Crippen LogP contribution in [0.15, 0.2) is 30.6 Å². The molecule has 1 aromatic heterocycles. The van der Waals surface area contributed by atoms with E-state index < -0.39 is 0 Å². The van der Waals surface area contributed by atoms with Crippen molar-refractivity contribution in [1.82, 2.24) is 14.9 Å². The molecule has 1 amide bonds. The van der Waals surface area contributed by atoms with Crippen molar-refractivity contribution in [3.05, 3.63) is 52.4 Å². The van der Waals surface area contributed by atoms with Gasteiger partial charge in [-0.1, -0.05) is 23.7 Å². The van der Waals surface area contributed by atoms with Gasteiger partial charge >= 0.3 is 0 Å². The number of halogens is 1. The van der Waals surface area contributed by atoms with Crippen LogP contribution in [0.3, 0.4) is 0 Å². The molecule has 1 saturated heterocycles. The van der Waals surface area contributed by atoms with Crippen LogP contribution in [0.1, 0.15) is 29.8 Å². The summed E-state index contributed by atoms with van der Waals surface area (Å²) >= 11 is 5.95. The van der Waals surface area contributed by atoms with Gasteiger partial charge in [-0.3, -0.25) is 4.79 Å². The maximum absolute atomic E-state index is 13.0. The van der Waals surface area contributed by atoms with E-state index in [2.05, 4.69) is 14.9 Å². The number of piperazine rings is 1. The molecule has 2 aliphatic heterocycles. The fourth-order valence-electron chi connectivity index (χ4n) is 4.07. The number of carbonyl (C=O) groups excluding carboxylic acids is 1. The Bertz CT molecular complexity index is 868. The summed E-state index contributed by atoms with van der Waals surface area (Å²) in [7, 11) is 0. The molecule has 2 aliphatic rings. The molecule has 8 heteroatoms. The molecule has 0 unspecified atom stereocenters. The quantitative estimate of drug-likeness (QED) is 0.805. The van der Waals surface area contributed by atoms with E-state index in [0.29, 0.717) is 37.7 Å². The minimum Gasteiger partial charge on any atom is -0.367 e. The number of carbonyl (C=O) groups is 1. The van der Waals surface area contributed by atoms with Gasteiger partial charge in [-0.25, -0.2) is 9.97 Å². The summed E-state index contributed by atoms with van der Waals surface area (Å²) in [5.41, 5.74) is 9.05. The zero-order valence-corrected chi connectivity index (χ0v) is 17.3. The molecule has 1 aromatic carbocycles. The second kappa shape index (κ2) is 8.65. The third-order valence-electron chi connectivity index (χ3n) is 5.74. The van der Waals surface area contributed by atoms with Crippen molar-refractivity contribution >= 4 is 23.3 Å². The number of ether oxygens (including phenoxy) is 1. The second-order valence-corrected chi connectivity index (χ2v) is 8.02. The molecule has 154 valence electrons. The summed E-state index contributed by atoms with van der Waals surface area (Å²) in [5.74, 6) is 0.829. The first-order valence-corrected chi connectivity index (χ1v) is 10.4. The number of benzene rings is 1. The third-order valence-corrected chi connectivity index (χ3v) is 5.99. The van der Waals surface area contributed by atoms with E-state index in [4.69, 9.17) is 22.1 Å². The molecular formula is C21H26ClN5O2. The van der Waals surface area contributed by atoms with E-state index in [1.165, 1.54) is 0 Å². The van der Waals surface area contributed by atoms with Crippen LogP contribution in [0, 0.1) is 5.92 Å². The van der Waals surface area contributed by atoms with Gasteiger partial charge in [-0.2, -0.15) is 0 Å². The lowest BCUT2D eigenvalue weighted by Gasteiger charge is -2.37. The monoisotopic (exact) mass is 415 g/mol. The lowest BCUT2D eigenvalue weighted by atomic mass is 9.97. The number of aromatic nitrogens is 2. The van der Waals surface area contributed by atoms with Crippen molar-refractivity contribution in [1.29, 1.82) is 0 Å². The Hall–Kier alpha value is -2.22. The van der Waals surface area contributed by atoms with Gasteiger partial charge in [-0.05, 0) is 31.0 Å². The first-order valence-electron chi connectivity index (χ1n) is 10.0. The predicted octanol–water partition coefficient (Wildman–Crippen LogP) is 2.19. The van der Waals surface area contributed by atoms with Crippen LogP contribution in [0.2, 0.25) is 5.02 Å². The van der Waals surface area contributed by atoms with E-state index in [9.17, 15) is 4.79 Å². The van der Waals surface area contributed by atoms with Crippen LogP contribution in [0.4, 0.5) is 5.82 Å². The van der Waals surface area contributed by atoms with Gasteiger partial charge in [0.15, 0.2) is 0 Å². The molecule has 0 aliphatic carbocycles. The van der Waals surface area contributed by atoms with Gasteiger partial charge in [0, 0.05) is 43.3 Å². The molecular weight excluding hydrogens is 390 g/mol. The Morgan fingerprint density at radius 3 is 2.66 bits per heavy atom. The molecule has 0 radical (unpaired) electrons.